The van der Waals surface area contributed by atoms with Gasteiger partial charge in [-0.1, -0.05) is 43.2 Å². The van der Waals surface area contributed by atoms with Crippen LogP contribution < -0.4 is 24.8 Å². The predicted molar refractivity (Wildman–Crippen MR) is 195 cm³/mol. The highest BCUT2D eigenvalue weighted by Gasteiger charge is 2.29. The summed E-state index contributed by atoms with van der Waals surface area (Å²) in [5, 5.41) is 17.3. The van der Waals surface area contributed by atoms with Crippen molar-refractivity contribution in [2.75, 3.05) is 33.2 Å². The molecule has 2 amide bonds. The van der Waals surface area contributed by atoms with E-state index in [2.05, 4.69) is 20.6 Å². The van der Waals surface area contributed by atoms with E-state index in [-0.39, 0.29) is 18.6 Å². The average Bonchev–Trinajstić information content (AvgIpc) is 3.76. The van der Waals surface area contributed by atoms with Crippen LogP contribution in [0.25, 0.3) is 11.0 Å². The Labute approximate surface area is 302 Å². The maximum atomic E-state index is 13.2. The minimum Gasteiger partial charge on any atom is -0.493 e. The Morgan fingerprint density at radius 3 is 2.31 bits per heavy atom. The number of H-pyrrole nitrogens is 1. The van der Waals surface area contributed by atoms with Crippen molar-refractivity contribution in [2.45, 2.75) is 81.6 Å². The molecule has 0 bridgehead atoms. The predicted octanol–water partition coefficient (Wildman–Crippen LogP) is 6.52. The lowest BCUT2D eigenvalue weighted by Crippen LogP contribution is -2.50. The van der Waals surface area contributed by atoms with Crippen molar-refractivity contribution in [3.8, 4) is 17.2 Å². The summed E-state index contributed by atoms with van der Waals surface area (Å²) in [5.41, 5.74) is 1.91. The highest BCUT2D eigenvalue weighted by molar-refractivity contribution is 7.97. The molecule has 0 aliphatic heterocycles. The van der Waals surface area contributed by atoms with Crippen molar-refractivity contribution in [3.63, 3.8) is 0 Å². The van der Waals surface area contributed by atoms with E-state index in [9.17, 15) is 14.7 Å². The number of fused-ring (bicyclic) bond motifs is 1. The van der Waals surface area contributed by atoms with Crippen LogP contribution in [0.4, 0.5) is 10.7 Å². The summed E-state index contributed by atoms with van der Waals surface area (Å²) in [6.07, 6.45) is 2.81. The molecule has 1 aromatic heterocycles. The maximum Gasteiger partial charge on any atom is 0.407 e. The van der Waals surface area contributed by atoms with Gasteiger partial charge in [0.05, 0.1) is 57.2 Å². The molecule has 4 aromatic rings. The van der Waals surface area contributed by atoms with Gasteiger partial charge in [-0.3, -0.25) is 14.9 Å². The Morgan fingerprint density at radius 1 is 1.00 bits per heavy atom. The summed E-state index contributed by atoms with van der Waals surface area (Å²) in [6.45, 7) is 5.50. The molecule has 13 nitrogen and oxygen atoms in total. The third-order valence-electron chi connectivity index (χ3n) is 8.19. The van der Waals surface area contributed by atoms with Gasteiger partial charge in [-0.15, -0.1) is 4.47 Å². The molecule has 14 heteroatoms. The van der Waals surface area contributed by atoms with E-state index in [1.807, 2.05) is 48.5 Å². The number of amides is 2. The lowest BCUT2D eigenvalue weighted by atomic mass is 10.0. The minimum atomic E-state index is -1.00. The number of anilines is 1. The second-order valence-corrected chi connectivity index (χ2v) is 14.3. The molecular formula is C37H47N5O8S. The largest absolute Gasteiger partial charge is 0.493 e. The van der Waals surface area contributed by atoms with E-state index in [0.717, 1.165) is 36.1 Å². The molecule has 274 valence electrons. The summed E-state index contributed by atoms with van der Waals surface area (Å²) in [6, 6.07) is 17.8. The number of aliphatic hydroxyl groups excluding tert-OH is 1. The van der Waals surface area contributed by atoms with Crippen LogP contribution in [0, 0.1) is 0 Å². The van der Waals surface area contributed by atoms with Crippen LogP contribution in [0.5, 0.6) is 17.2 Å². The second kappa shape index (κ2) is 17.1. The monoisotopic (exact) mass is 721 g/mol. The minimum absolute atomic E-state index is 0.0176. The van der Waals surface area contributed by atoms with Crippen LogP contribution in [0.1, 0.15) is 62.4 Å². The number of imidazole rings is 1. The highest BCUT2D eigenvalue weighted by Crippen LogP contribution is 2.38. The first kappa shape index (κ1) is 37.7. The first-order valence-electron chi connectivity index (χ1n) is 16.9. The lowest BCUT2D eigenvalue weighted by Gasteiger charge is -2.31. The number of carbonyl (C=O) groups is 2. The van der Waals surface area contributed by atoms with Crippen LogP contribution in [0.3, 0.4) is 0 Å². The number of hydrogen-bond donors (Lipinski definition) is 4. The number of ether oxygens (including phenoxy) is 4. The Kier molecular flexibility index (Phi) is 12.7. The number of aromatic amines is 1. The van der Waals surface area contributed by atoms with Gasteiger partial charge in [0.15, 0.2) is 11.5 Å². The fourth-order valence-corrected chi connectivity index (χ4v) is 6.69. The number of carbonyl (C=O) groups excluding carboxylic acids is 2. The molecule has 0 radical (unpaired) electrons. The third-order valence-corrected chi connectivity index (χ3v) is 9.09. The Morgan fingerprint density at radius 2 is 1.69 bits per heavy atom. The van der Waals surface area contributed by atoms with Gasteiger partial charge in [0.25, 0.3) is 5.91 Å². The van der Waals surface area contributed by atoms with E-state index >= 15 is 0 Å². The van der Waals surface area contributed by atoms with E-state index in [0.29, 0.717) is 40.3 Å². The molecule has 0 saturated heterocycles. The number of hydrogen-bond acceptors (Lipinski definition) is 11. The highest BCUT2D eigenvalue weighted by atomic mass is 32.2. The molecule has 1 heterocycles. The van der Waals surface area contributed by atoms with E-state index < -0.39 is 29.7 Å². The topological polar surface area (TPSA) is 156 Å². The van der Waals surface area contributed by atoms with Crippen molar-refractivity contribution in [2.24, 2.45) is 0 Å². The number of nitrogens with one attached hydrogen (secondary N) is 3. The van der Waals surface area contributed by atoms with Gasteiger partial charge in [0.1, 0.15) is 5.60 Å². The molecule has 2 atom stereocenters. The number of aromatic nitrogens is 2. The molecule has 51 heavy (non-hydrogen) atoms. The van der Waals surface area contributed by atoms with Gasteiger partial charge in [-0.25, -0.2) is 9.78 Å². The molecule has 3 aromatic carbocycles. The molecule has 1 aliphatic carbocycles. The third kappa shape index (κ3) is 10.5. The van der Waals surface area contributed by atoms with E-state index in [4.69, 9.17) is 23.8 Å². The zero-order valence-electron chi connectivity index (χ0n) is 29.9. The number of alkyl carbamates (subject to hydrolysis) is 1. The number of benzene rings is 3. The summed E-state index contributed by atoms with van der Waals surface area (Å²) < 4.78 is 23.4. The van der Waals surface area contributed by atoms with Crippen molar-refractivity contribution in [1.29, 1.82) is 0 Å². The molecule has 1 fully saturated rings. The number of hydroxylamine groups is 1. The van der Waals surface area contributed by atoms with Gasteiger partial charge in [0.2, 0.25) is 11.7 Å². The van der Waals surface area contributed by atoms with Crippen molar-refractivity contribution in [3.05, 3.63) is 71.8 Å². The Balaban J connectivity index is 1.32. The summed E-state index contributed by atoms with van der Waals surface area (Å²) in [4.78, 5) is 41.0. The van der Waals surface area contributed by atoms with E-state index in [1.165, 1.54) is 33.3 Å². The lowest BCUT2D eigenvalue weighted by molar-refractivity contribution is -0.138. The van der Waals surface area contributed by atoms with Gasteiger partial charge < -0.3 is 34.4 Å². The number of nitrogens with zero attached hydrogens (tertiary/aromatic N) is 2. The summed E-state index contributed by atoms with van der Waals surface area (Å²) in [7, 11) is 4.47. The van der Waals surface area contributed by atoms with Crippen LogP contribution in [-0.2, 0) is 16.0 Å². The van der Waals surface area contributed by atoms with E-state index in [1.54, 1.807) is 37.4 Å². The van der Waals surface area contributed by atoms with Gasteiger partial charge in [0, 0.05) is 10.5 Å². The number of rotatable bonds is 15. The molecule has 0 spiro atoms. The average molecular weight is 722 g/mol. The van der Waals surface area contributed by atoms with Crippen LogP contribution in [0.2, 0.25) is 0 Å². The Bertz CT molecular complexity index is 1750. The number of aliphatic hydroxyl groups is 1. The van der Waals surface area contributed by atoms with Crippen LogP contribution >= 0.6 is 11.9 Å². The zero-order chi connectivity index (χ0) is 36.5. The summed E-state index contributed by atoms with van der Waals surface area (Å²) in [5.74, 6) is 0.940. The van der Waals surface area contributed by atoms with Gasteiger partial charge in [-0.05, 0) is 87.9 Å². The SMILES string of the molecule is COc1cc(C(=O)Nc2nc3ccc(SN(CC(O)C(Cc4ccccc4)NC(=O)OC(C)(C)C)OC4CCCC4)cc3[nH]2)cc(OC)c1OC. The quantitative estimate of drug-likeness (QED) is 0.0783. The maximum absolute atomic E-state index is 13.2. The van der Waals surface area contributed by atoms with Crippen LogP contribution in [0.15, 0.2) is 65.6 Å². The molecular weight excluding hydrogens is 675 g/mol. The fraction of sp³-hybridized carbons (Fsp3) is 0.432. The smallest absolute Gasteiger partial charge is 0.407 e. The Hall–Kier alpha value is -4.50. The standard InChI is InChI=1S/C37H47N5O8S/c1-37(2,3)49-36(45)40-29(18-23-12-8-7-9-13-23)30(43)22-42(50-25-14-10-11-15-25)51-26-16-17-27-28(21-26)39-35(38-27)41-34(44)24-19-31(46-4)33(48-6)32(20-24)47-5/h7-9,12-13,16-17,19-21,25,29-30,43H,10-11,14-15,18,22H2,1-6H3,(H,40,45)(H2,38,39,41,44). The van der Waals surface area contributed by atoms with Gasteiger partial charge in [-0.2, -0.15) is 0 Å². The van der Waals surface area contributed by atoms with Crippen molar-refractivity contribution >= 4 is 40.9 Å². The fourth-order valence-electron chi connectivity index (χ4n) is 5.77. The van der Waals surface area contributed by atoms with Gasteiger partial charge >= 0.3 is 6.09 Å². The first-order chi connectivity index (χ1) is 24.4. The van der Waals surface area contributed by atoms with Crippen LogP contribution in [-0.4, -0.2) is 83.3 Å². The van der Waals surface area contributed by atoms with Crippen molar-refractivity contribution in [1.82, 2.24) is 19.8 Å². The molecule has 2 unspecified atom stereocenters. The molecule has 1 aliphatic rings. The molecule has 1 saturated carbocycles. The molecule has 4 N–H and O–H groups in total. The van der Waals surface area contributed by atoms with Crippen molar-refractivity contribution < 1.29 is 38.5 Å². The molecule has 5 rings (SSSR count). The second-order valence-electron chi connectivity index (χ2n) is 13.3. The zero-order valence-corrected chi connectivity index (χ0v) is 30.7. The first-order valence-corrected chi connectivity index (χ1v) is 17.7. The number of methoxy groups -OCH3 is 3. The summed E-state index contributed by atoms with van der Waals surface area (Å²) >= 11 is 1.34. The normalized spacial score (nSPS) is 14.7.